The van der Waals surface area contributed by atoms with Crippen molar-refractivity contribution in [2.75, 3.05) is 13.2 Å². The number of esters is 1. The van der Waals surface area contributed by atoms with Gasteiger partial charge in [0.15, 0.2) is 5.41 Å². The van der Waals surface area contributed by atoms with Gasteiger partial charge in [-0.25, -0.2) is 0 Å². The van der Waals surface area contributed by atoms with Crippen LogP contribution in [0.15, 0.2) is 12.2 Å². The molecule has 0 heterocycles. The molecule has 0 aliphatic carbocycles. The molecule has 0 aliphatic heterocycles. The molecule has 0 aromatic rings. The van der Waals surface area contributed by atoms with Crippen LogP contribution in [0.3, 0.4) is 0 Å². The van der Waals surface area contributed by atoms with Crippen molar-refractivity contribution in [3.05, 3.63) is 12.2 Å². The van der Waals surface area contributed by atoms with Gasteiger partial charge < -0.3 is 14.6 Å². The van der Waals surface area contributed by atoms with E-state index in [1.165, 1.54) is 19.1 Å². The Morgan fingerprint density at radius 2 is 1.72 bits per heavy atom. The van der Waals surface area contributed by atoms with E-state index in [0.29, 0.717) is 0 Å². The van der Waals surface area contributed by atoms with E-state index in [0.717, 1.165) is 0 Å². The highest BCUT2D eigenvalue weighted by Crippen LogP contribution is 2.21. The smallest absolute Gasteiger partial charge is 0.327 e. The normalized spacial score (nSPS) is 15.4. The molecule has 0 saturated heterocycles. The highest BCUT2D eigenvalue weighted by molar-refractivity contribution is 6.00. The van der Waals surface area contributed by atoms with Crippen molar-refractivity contribution < 1.29 is 24.2 Å². The number of carboxylic acids is 1. The van der Waals surface area contributed by atoms with E-state index in [4.69, 9.17) is 14.6 Å². The number of carboxylic acid groups (broad SMARTS) is 1. The SMILES string of the molecule is CC=CC(C)(C(=O)O)C(=O)OCCOC(C)(C)C. The Morgan fingerprint density at radius 3 is 2.11 bits per heavy atom. The monoisotopic (exact) mass is 258 g/mol. The van der Waals surface area contributed by atoms with E-state index in [2.05, 4.69) is 0 Å². The van der Waals surface area contributed by atoms with Crippen LogP contribution in [0.2, 0.25) is 0 Å². The highest BCUT2D eigenvalue weighted by atomic mass is 16.6. The molecule has 0 saturated carbocycles. The molecular formula is C13H22O5. The van der Waals surface area contributed by atoms with E-state index in [1.807, 2.05) is 20.8 Å². The van der Waals surface area contributed by atoms with E-state index in [1.54, 1.807) is 6.92 Å². The van der Waals surface area contributed by atoms with Gasteiger partial charge in [-0.15, -0.1) is 0 Å². The summed E-state index contributed by atoms with van der Waals surface area (Å²) in [4.78, 5) is 22.8. The van der Waals surface area contributed by atoms with Crippen molar-refractivity contribution >= 4 is 11.9 Å². The minimum atomic E-state index is -1.64. The van der Waals surface area contributed by atoms with Gasteiger partial charge in [-0.05, 0) is 34.6 Å². The number of aliphatic carboxylic acids is 1. The topological polar surface area (TPSA) is 72.8 Å². The van der Waals surface area contributed by atoms with E-state index < -0.39 is 17.4 Å². The number of carbonyl (C=O) groups excluding carboxylic acids is 1. The lowest BCUT2D eigenvalue weighted by atomic mass is 9.90. The summed E-state index contributed by atoms with van der Waals surface area (Å²) in [5, 5.41) is 9.04. The number of hydrogen-bond donors (Lipinski definition) is 1. The largest absolute Gasteiger partial charge is 0.480 e. The summed E-state index contributed by atoms with van der Waals surface area (Å²) in [6.45, 7) is 8.89. The quantitative estimate of drug-likeness (QED) is 0.341. The fraction of sp³-hybridized carbons (Fsp3) is 0.692. The van der Waals surface area contributed by atoms with Crippen molar-refractivity contribution in [2.24, 2.45) is 5.41 Å². The first-order valence-electron chi connectivity index (χ1n) is 5.82. The Labute approximate surface area is 108 Å². The minimum absolute atomic E-state index is 0.0382. The third-order valence-corrected chi connectivity index (χ3v) is 2.22. The summed E-state index contributed by atoms with van der Waals surface area (Å²) in [5.74, 6) is -2.02. The third-order valence-electron chi connectivity index (χ3n) is 2.22. The fourth-order valence-corrected chi connectivity index (χ4v) is 1.19. The lowest BCUT2D eigenvalue weighted by molar-refractivity contribution is -0.165. The van der Waals surface area contributed by atoms with Crippen LogP contribution in [0.5, 0.6) is 0 Å². The van der Waals surface area contributed by atoms with E-state index >= 15 is 0 Å². The molecule has 0 amide bonds. The average molecular weight is 258 g/mol. The Balaban J connectivity index is 4.35. The molecule has 0 bridgehead atoms. The van der Waals surface area contributed by atoms with Crippen LogP contribution in [0.25, 0.3) is 0 Å². The predicted octanol–water partition coefficient (Wildman–Crippen LogP) is 2.01. The summed E-state index contributed by atoms with van der Waals surface area (Å²) in [7, 11) is 0. The summed E-state index contributed by atoms with van der Waals surface area (Å²) in [6.07, 6.45) is 2.82. The lowest BCUT2D eigenvalue weighted by Gasteiger charge is -2.21. The van der Waals surface area contributed by atoms with E-state index in [9.17, 15) is 9.59 Å². The predicted molar refractivity (Wildman–Crippen MR) is 67.2 cm³/mol. The zero-order valence-corrected chi connectivity index (χ0v) is 11.6. The molecule has 5 heteroatoms. The van der Waals surface area contributed by atoms with Gasteiger partial charge in [0.2, 0.25) is 0 Å². The molecule has 0 aromatic heterocycles. The molecule has 0 rings (SSSR count). The number of hydrogen-bond acceptors (Lipinski definition) is 4. The fourth-order valence-electron chi connectivity index (χ4n) is 1.19. The molecular weight excluding hydrogens is 236 g/mol. The van der Waals surface area contributed by atoms with Crippen LogP contribution in [0.4, 0.5) is 0 Å². The standard InChI is InChI=1S/C13H22O5/c1-6-7-13(5,10(14)15)11(16)17-8-9-18-12(2,3)4/h6-7H,8-9H2,1-5H3,(H,14,15). The molecule has 0 aromatic carbocycles. The van der Waals surface area contributed by atoms with Gasteiger partial charge in [0.05, 0.1) is 12.2 Å². The number of rotatable bonds is 6. The second kappa shape index (κ2) is 6.54. The van der Waals surface area contributed by atoms with Crippen LogP contribution in [-0.2, 0) is 19.1 Å². The minimum Gasteiger partial charge on any atom is -0.480 e. The lowest BCUT2D eigenvalue weighted by Crippen LogP contribution is -2.37. The summed E-state index contributed by atoms with van der Waals surface area (Å²) >= 11 is 0. The molecule has 0 fully saturated rings. The van der Waals surface area contributed by atoms with Crippen molar-refractivity contribution in [1.82, 2.24) is 0 Å². The molecule has 0 spiro atoms. The van der Waals surface area contributed by atoms with Gasteiger partial charge in [-0.2, -0.15) is 0 Å². The maximum atomic E-state index is 11.7. The van der Waals surface area contributed by atoms with Crippen molar-refractivity contribution in [3.63, 3.8) is 0 Å². The van der Waals surface area contributed by atoms with Gasteiger partial charge >= 0.3 is 11.9 Å². The number of ether oxygens (including phenoxy) is 2. The van der Waals surface area contributed by atoms with Gasteiger partial charge in [-0.1, -0.05) is 12.2 Å². The first-order chi connectivity index (χ1) is 8.13. The maximum absolute atomic E-state index is 11.7. The number of carbonyl (C=O) groups is 2. The molecule has 1 N–H and O–H groups in total. The van der Waals surface area contributed by atoms with Crippen molar-refractivity contribution in [3.8, 4) is 0 Å². The molecule has 1 atom stereocenters. The first-order valence-corrected chi connectivity index (χ1v) is 5.82. The van der Waals surface area contributed by atoms with Crippen LogP contribution >= 0.6 is 0 Å². The van der Waals surface area contributed by atoms with Crippen LogP contribution in [0.1, 0.15) is 34.6 Å². The van der Waals surface area contributed by atoms with Gasteiger partial charge in [0.25, 0.3) is 0 Å². The first kappa shape index (κ1) is 16.6. The molecule has 1 unspecified atom stereocenters. The van der Waals surface area contributed by atoms with Gasteiger partial charge in [-0.3, -0.25) is 9.59 Å². The van der Waals surface area contributed by atoms with Crippen LogP contribution < -0.4 is 0 Å². The maximum Gasteiger partial charge on any atom is 0.327 e. The summed E-state index contributed by atoms with van der Waals surface area (Å²) < 4.78 is 10.3. The summed E-state index contributed by atoms with van der Waals surface area (Å²) in [6, 6.07) is 0. The zero-order chi connectivity index (χ0) is 14.4. The van der Waals surface area contributed by atoms with E-state index in [-0.39, 0.29) is 18.8 Å². The Hall–Kier alpha value is -1.36. The van der Waals surface area contributed by atoms with Crippen molar-refractivity contribution in [2.45, 2.75) is 40.2 Å². The van der Waals surface area contributed by atoms with Crippen LogP contribution in [0, 0.1) is 5.41 Å². The van der Waals surface area contributed by atoms with Crippen molar-refractivity contribution in [1.29, 1.82) is 0 Å². The van der Waals surface area contributed by atoms with Gasteiger partial charge in [0.1, 0.15) is 6.61 Å². The summed E-state index contributed by atoms with van der Waals surface area (Å²) in [5.41, 5.74) is -1.96. The molecule has 104 valence electrons. The van der Waals surface area contributed by atoms with Crippen LogP contribution in [-0.4, -0.2) is 35.9 Å². The number of allylic oxidation sites excluding steroid dienone is 1. The van der Waals surface area contributed by atoms with Gasteiger partial charge in [0, 0.05) is 0 Å². The Kier molecular flexibility index (Phi) is 6.05. The Morgan fingerprint density at radius 1 is 1.17 bits per heavy atom. The highest BCUT2D eigenvalue weighted by Gasteiger charge is 2.40. The average Bonchev–Trinajstić information content (AvgIpc) is 2.22. The molecule has 18 heavy (non-hydrogen) atoms. The molecule has 0 radical (unpaired) electrons. The third kappa shape index (κ3) is 5.31. The second-order valence-electron chi connectivity index (χ2n) is 5.10. The molecule has 0 aliphatic rings. The second-order valence-corrected chi connectivity index (χ2v) is 5.10. The zero-order valence-electron chi connectivity index (χ0n) is 11.6. The molecule has 5 nitrogen and oxygen atoms in total. The Bertz CT molecular complexity index is 327.